The van der Waals surface area contributed by atoms with Crippen LogP contribution in [0.4, 0.5) is 5.69 Å². The van der Waals surface area contributed by atoms with Crippen molar-refractivity contribution in [2.24, 2.45) is 0 Å². The molecule has 1 aromatic heterocycles. The number of anilines is 1. The first-order valence-corrected chi connectivity index (χ1v) is 7.60. The largest absolute Gasteiger partial charge is 0.337 e. The number of nitrogens with zero attached hydrogens (tertiary/aromatic N) is 1. The third kappa shape index (κ3) is 2.96. The highest BCUT2D eigenvalue weighted by atomic mass is 79.9. The van der Waals surface area contributed by atoms with Gasteiger partial charge in [-0.05, 0) is 40.2 Å². The zero-order valence-electron chi connectivity index (χ0n) is 11.0. The van der Waals surface area contributed by atoms with Crippen LogP contribution in [-0.2, 0) is 11.3 Å². The predicted molar refractivity (Wildman–Crippen MR) is 89.7 cm³/mol. The van der Waals surface area contributed by atoms with Crippen LogP contribution in [-0.4, -0.2) is 10.5 Å². The second-order valence-electron chi connectivity index (χ2n) is 4.65. The van der Waals surface area contributed by atoms with E-state index in [9.17, 15) is 4.79 Å². The molecule has 3 aromatic rings. The van der Waals surface area contributed by atoms with Crippen LogP contribution in [0.3, 0.4) is 0 Å². The summed E-state index contributed by atoms with van der Waals surface area (Å²) in [5.74, 6) is -0.0979. The summed E-state index contributed by atoms with van der Waals surface area (Å²) < 4.78 is 2.71. The number of hydrogen-bond acceptors (Lipinski definition) is 1. The van der Waals surface area contributed by atoms with Gasteiger partial charge >= 0.3 is 0 Å². The predicted octanol–water partition coefficient (Wildman–Crippen LogP) is 4.70. The molecule has 0 aliphatic heterocycles. The van der Waals surface area contributed by atoms with E-state index in [0.717, 1.165) is 21.1 Å². The fourth-order valence-corrected chi connectivity index (χ4v) is 2.93. The Morgan fingerprint density at radius 1 is 1.14 bits per heavy atom. The van der Waals surface area contributed by atoms with E-state index in [0.29, 0.717) is 5.02 Å². The van der Waals surface area contributed by atoms with Crippen LogP contribution < -0.4 is 5.32 Å². The van der Waals surface area contributed by atoms with Gasteiger partial charge < -0.3 is 9.88 Å². The number of rotatable bonds is 3. The summed E-state index contributed by atoms with van der Waals surface area (Å²) in [5, 5.41) is 4.55. The Morgan fingerprint density at radius 2 is 1.95 bits per heavy atom. The average Bonchev–Trinajstić information content (AvgIpc) is 2.86. The maximum absolute atomic E-state index is 12.2. The number of carbonyl (C=O) groups excluding carboxylic acids is 1. The molecule has 5 heteroatoms. The molecule has 0 saturated carbocycles. The van der Waals surface area contributed by atoms with Crippen molar-refractivity contribution in [1.82, 2.24) is 4.57 Å². The molecule has 106 valence electrons. The summed E-state index contributed by atoms with van der Waals surface area (Å²) in [6.07, 6.45) is 1.87. The van der Waals surface area contributed by atoms with Crippen LogP contribution in [0.25, 0.3) is 10.9 Å². The highest BCUT2D eigenvalue weighted by molar-refractivity contribution is 9.10. The van der Waals surface area contributed by atoms with Crippen LogP contribution in [0.5, 0.6) is 0 Å². The van der Waals surface area contributed by atoms with Crippen LogP contribution in [0.15, 0.2) is 59.2 Å². The van der Waals surface area contributed by atoms with Gasteiger partial charge in [0.1, 0.15) is 6.54 Å². The number of para-hydroxylation sites is 2. The topological polar surface area (TPSA) is 34.0 Å². The molecule has 0 bridgehead atoms. The minimum Gasteiger partial charge on any atom is -0.337 e. The number of nitrogens with one attached hydrogen (secondary N) is 1. The second kappa shape index (κ2) is 5.92. The first-order valence-electron chi connectivity index (χ1n) is 6.43. The number of aromatic nitrogens is 1. The molecule has 21 heavy (non-hydrogen) atoms. The molecule has 3 nitrogen and oxygen atoms in total. The summed E-state index contributed by atoms with van der Waals surface area (Å²) in [6.45, 7) is 0.217. The molecule has 0 atom stereocenters. The minimum absolute atomic E-state index is 0.0979. The van der Waals surface area contributed by atoms with Gasteiger partial charge in [0, 0.05) is 16.1 Å². The molecule has 0 saturated heterocycles. The Bertz CT molecular complexity index is 813. The molecule has 0 fully saturated rings. The standard InChI is InChI=1S/C16H12BrClN2O/c17-12-5-1-2-7-14(12)19-15(21)10-20-9-8-11-4-3-6-13(18)16(11)20/h1-9H,10H2,(H,19,21). The Hall–Kier alpha value is -1.78. The molecular weight excluding hydrogens is 352 g/mol. The van der Waals surface area contributed by atoms with Gasteiger partial charge in [0.2, 0.25) is 5.91 Å². The Kier molecular flexibility index (Phi) is 3.99. The molecule has 2 aromatic carbocycles. The first kappa shape index (κ1) is 14.2. The number of halogens is 2. The lowest BCUT2D eigenvalue weighted by Crippen LogP contribution is -2.18. The van der Waals surface area contributed by atoms with Gasteiger partial charge in [-0.25, -0.2) is 0 Å². The summed E-state index contributed by atoms with van der Waals surface area (Å²) in [5.41, 5.74) is 1.63. The molecule has 1 N–H and O–H groups in total. The van der Waals surface area contributed by atoms with Crippen LogP contribution in [0.2, 0.25) is 5.02 Å². The fraction of sp³-hybridized carbons (Fsp3) is 0.0625. The quantitative estimate of drug-likeness (QED) is 0.719. The SMILES string of the molecule is O=C(Cn1ccc2cccc(Cl)c21)Nc1ccccc1Br. The molecule has 0 aliphatic rings. The average molecular weight is 364 g/mol. The van der Waals surface area contributed by atoms with Gasteiger partial charge in [0.15, 0.2) is 0 Å². The number of benzene rings is 2. The van der Waals surface area contributed by atoms with Gasteiger partial charge in [0.25, 0.3) is 0 Å². The highest BCUT2D eigenvalue weighted by Gasteiger charge is 2.10. The van der Waals surface area contributed by atoms with Crippen LogP contribution in [0, 0.1) is 0 Å². The number of hydrogen-bond donors (Lipinski definition) is 1. The maximum Gasteiger partial charge on any atom is 0.244 e. The van der Waals surface area contributed by atoms with Crippen molar-refractivity contribution in [2.75, 3.05) is 5.32 Å². The molecule has 0 aliphatic carbocycles. The lowest BCUT2D eigenvalue weighted by Gasteiger charge is -2.09. The number of carbonyl (C=O) groups is 1. The van der Waals surface area contributed by atoms with E-state index in [1.165, 1.54) is 0 Å². The van der Waals surface area contributed by atoms with Gasteiger partial charge in [0.05, 0.1) is 16.2 Å². The van der Waals surface area contributed by atoms with E-state index < -0.39 is 0 Å². The van der Waals surface area contributed by atoms with Crippen molar-refractivity contribution in [3.05, 3.63) is 64.2 Å². The molecule has 0 spiro atoms. The summed E-state index contributed by atoms with van der Waals surface area (Å²) >= 11 is 9.62. The van der Waals surface area contributed by atoms with Gasteiger partial charge in [-0.1, -0.05) is 35.9 Å². The monoisotopic (exact) mass is 362 g/mol. The lowest BCUT2D eigenvalue weighted by molar-refractivity contribution is -0.116. The highest BCUT2D eigenvalue weighted by Crippen LogP contribution is 2.25. The first-order chi connectivity index (χ1) is 10.1. The van der Waals surface area contributed by atoms with Gasteiger partial charge in [-0.15, -0.1) is 0 Å². The fourth-order valence-electron chi connectivity index (χ4n) is 2.25. The summed E-state index contributed by atoms with van der Waals surface area (Å²) in [6, 6.07) is 15.2. The summed E-state index contributed by atoms with van der Waals surface area (Å²) in [4.78, 5) is 12.2. The van der Waals surface area contributed by atoms with E-state index in [4.69, 9.17) is 11.6 Å². The van der Waals surface area contributed by atoms with Crippen molar-refractivity contribution < 1.29 is 4.79 Å². The zero-order valence-corrected chi connectivity index (χ0v) is 13.4. The Morgan fingerprint density at radius 3 is 2.76 bits per heavy atom. The van der Waals surface area contributed by atoms with Crippen molar-refractivity contribution in [3.8, 4) is 0 Å². The van der Waals surface area contributed by atoms with E-state index in [2.05, 4.69) is 21.2 Å². The molecule has 0 radical (unpaired) electrons. The third-order valence-electron chi connectivity index (χ3n) is 3.20. The summed E-state index contributed by atoms with van der Waals surface area (Å²) in [7, 11) is 0. The van der Waals surface area contributed by atoms with Crippen molar-refractivity contribution in [3.63, 3.8) is 0 Å². The molecular formula is C16H12BrClN2O. The smallest absolute Gasteiger partial charge is 0.244 e. The van der Waals surface area contributed by atoms with E-state index in [-0.39, 0.29) is 12.5 Å². The van der Waals surface area contributed by atoms with Gasteiger partial charge in [-0.3, -0.25) is 4.79 Å². The Balaban J connectivity index is 1.83. The lowest BCUT2D eigenvalue weighted by atomic mass is 10.2. The molecule has 1 heterocycles. The molecule has 3 rings (SSSR count). The zero-order chi connectivity index (χ0) is 14.8. The van der Waals surface area contributed by atoms with Crippen molar-refractivity contribution in [2.45, 2.75) is 6.54 Å². The number of amides is 1. The molecule has 1 amide bonds. The van der Waals surface area contributed by atoms with Crippen molar-refractivity contribution >= 4 is 50.0 Å². The van der Waals surface area contributed by atoms with E-state index in [1.54, 1.807) is 0 Å². The Labute approximate surface area is 135 Å². The van der Waals surface area contributed by atoms with E-state index >= 15 is 0 Å². The maximum atomic E-state index is 12.2. The molecule has 0 unspecified atom stereocenters. The van der Waals surface area contributed by atoms with E-state index in [1.807, 2.05) is 59.3 Å². The normalized spacial score (nSPS) is 10.8. The minimum atomic E-state index is -0.0979. The second-order valence-corrected chi connectivity index (χ2v) is 5.91. The van der Waals surface area contributed by atoms with Gasteiger partial charge in [-0.2, -0.15) is 0 Å². The van der Waals surface area contributed by atoms with Crippen LogP contribution >= 0.6 is 27.5 Å². The van der Waals surface area contributed by atoms with Crippen molar-refractivity contribution in [1.29, 1.82) is 0 Å². The van der Waals surface area contributed by atoms with Crippen LogP contribution in [0.1, 0.15) is 0 Å². The third-order valence-corrected chi connectivity index (χ3v) is 4.20. The number of fused-ring (bicyclic) bond motifs is 1.